The van der Waals surface area contributed by atoms with E-state index < -0.39 is 11.5 Å². The number of nitrogens with two attached hydrogens (primary N) is 1. The highest BCUT2D eigenvalue weighted by molar-refractivity contribution is 6.00. The van der Waals surface area contributed by atoms with Crippen LogP contribution >= 0.6 is 0 Å². The number of hydrogen-bond acceptors (Lipinski definition) is 10. The van der Waals surface area contributed by atoms with Crippen LogP contribution in [0.4, 0.5) is 5.82 Å². The van der Waals surface area contributed by atoms with Crippen molar-refractivity contribution in [2.45, 2.75) is 44.1 Å². The molecule has 1 aliphatic rings. The van der Waals surface area contributed by atoms with Crippen molar-refractivity contribution in [3.8, 4) is 22.6 Å². The molecule has 1 fully saturated rings. The third-order valence-corrected chi connectivity index (χ3v) is 7.24. The summed E-state index contributed by atoms with van der Waals surface area (Å²) in [5.74, 6) is -0.124. The number of H-pyrrole nitrogens is 1. The van der Waals surface area contributed by atoms with Gasteiger partial charge in [-0.05, 0) is 38.7 Å². The zero-order chi connectivity index (χ0) is 27.6. The Labute approximate surface area is 223 Å². The Kier molecular flexibility index (Phi) is 7.37. The highest BCUT2D eigenvalue weighted by Gasteiger charge is 2.44. The summed E-state index contributed by atoms with van der Waals surface area (Å²) in [5.41, 5.74) is 10.6. The number of carbonyl (C=O) groups is 2. The van der Waals surface area contributed by atoms with Crippen molar-refractivity contribution in [1.29, 1.82) is 0 Å². The highest BCUT2D eigenvalue weighted by atomic mass is 16.5. The molecule has 5 N–H and O–H groups in total. The third kappa shape index (κ3) is 4.87. The first-order valence-corrected chi connectivity index (χ1v) is 12.6. The fraction of sp³-hybridized carbons (Fsp3) is 0.385. The first-order chi connectivity index (χ1) is 18.9. The predicted octanol–water partition coefficient (Wildman–Crippen LogP) is 2.53. The molecule has 13 nitrogen and oxygen atoms in total. The van der Waals surface area contributed by atoms with Crippen LogP contribution in [0.3, 0.4) is 0 Å². The molecular weight excluding hydrogens is 504 g/mol. The van der Waals surface area contributed by atoms with Gasteiger partial charge in [-0.3, -0.25) is 19.8 Å². The summed E-state index contributed by atoms with van der Waals surface area (Å²) in [5, 5.41) is 13.8. The Balaban J connectivity index is 1.50. The summed E-state index contributed by atoms with van der Waals surface area (Å²) in [6.45, 7) is 1.97. The number of nitrogens with zero attached hydrogens (tertiary/aromatic N) is 5. The molecule has 4 heterocycles. The van der Waals surface area contributed by atoms with Crippen LogP contribution < -0.4 is 11.2 Å². The highest BCUT2D eigenvalue weighted by Crippen LogP contribution is 2.42. The Hall–Kier alpha value is -4.20. The Bertz CT molecular complexity index is 1470. The molecule has 0 atom stereocenters. The molecule has 0 spiro atoms. The van der Waals surface area contributed by atoms with Crippen LogP contribution in [0.5, 0.6) is 0 Å². The number of imidazole rings is 1. The Morgan fingerprint density at radius 2 is 2.03 bits per heavy atom. The van der Waals surface area contributed by atoms with Gasteiger partial charge in [-0.1, -0.05) is 6.07 Å². The number of aromatic nitrogens is 6. The van der Waals surface area contributed by atoms with Gasteiger partial charge in [0.25, 0.3) is 5.91 Å². The van der Waals surface area contributed by atoms with E-state index in [1.165, 1.54) is 11.4 Å². The van der Waals surface area contributed by atoms with Gasteiger partial charge in [0.15, 0.2) is 17.3 Å². The number of methoxy groups -OCH3 is 1. The summed E-state index contributed by atoms with van der Waals surface area (Å²) < 4.78 is 12.4. The van der Waals surface area contributed by atoms with E-state index in [0.29, 0.717) is 66.3 Å². The SMILES string of the molecule is COCCO[C@]1(C(=O)NO)CC[C@@H](c2nc3c(-c4ccc(-c5ncc[nH]5)nc4)cnn3c(N)c2C(C)=O)CC1. The van der Waals surface area contributed by atoms with E-state index in [2.05, 4.69) is 20.1 Å². The number of hydrogen-bond donors (Lipinski definition) is 4. The standard InChI is InChI=1S/C26H30N8O5/c1-15(35)20-21(16-5-7-26(8-6-16,25(36)33-37)39-12-11-38-2)32-24-18(14-31-34(24)22(20)27)17-3-4-19(30-13-17)23-28-9-10-29-23/h3-4,9-10,13-14,16,37H,5-8,11-12,27H2,1-2H3,(H,28,29)(H,33,36)/t16-,26-. The molecule has 4 aromatic rings. The quantitative estimate of drug-likeness (QED) is 0.108. The normalized spacial score (nSPS) is 19.3. The Morgan fingerprint density at radius 3 is 2.64 bits per heavy atom. The number of amides is 1. The number of anilines is 1. The smallest absolute Gasteiger partial charge is 0.275 e. The second-order valence-electron chi connectivity index (χ2n) is 9.53. The molecular formula is C26H30N8O5. The molecule has 1 aliphatic carbocycles. The van der Waals surface area contributed by atoms with Gasteiger partial charge in [0.2, 0.25) is 0 Å². The van der Waals surface area contributed by atoms with Crippen LogP contribution in [-0.4, -0.2) is 72.4 Å². The van der Waals surface area contributed by atoms with Crippen LogP contribution in [0.2, 0.25) is 0 Å². The number of pyridine rings is 1. The molecule has 0 saturated heterocycles. The lowest BCUT2D eigenvalue weighted by atomic mass is 9.76. The molecule has 39 heavy (non-hydrogen) atoms. The third-order valence-electron chi connectivity index (χ3n) is 7.24. The van der Waals surface area contributed by atoms with Gasteiger partial charge in [0.1, 0.15) is 17.1 Å². The van der Waals surface area contributed by atoms with E-state index >= 15 is 0 Å². The largest absolute Gasteiger partial charge is 0.383 e. The first kappa shape index (κ1) is 26.4. The van der Waals surface area contributed by atoms with Crippen LogP contribution in [0, 0.1) is 0 Å². The number of nitrogens with one attached hydrogen (secondary N) is 2. The average Bonchev–Trinajstić information content (AvgIpc) is 3.64. The van der Waals surface area contributed by atoms with Gasteiger partial charge in [-0.15, -0.1) is 0 Å². The first-order valence-electron chi connectivity index (χ1n) is 12.6. The minimum atomic E-state index is -1.20. The van der Waals surface area contributed by atoms with Crippen LogP contribution in [0.15, 0.2) is 36.9 Å². The Morgan fingerprint density at radius 1 is 1.23 bits per heavy atom. The van der Waals surface area contributed by atoms with E-state index in [-0.39, 0.29) is 24.1 Å². The summed E-state index contributed by atoms with van der Waals surface area (Å²) >= 11 is 0. The van der Waals surface area contributed by atoms with Crippen LogP contribution in [0.1, 0.15) is 54.6 Å². The predicted molar refractivity (Wildman–Crippen MR) is 140 cm³/mol. The van der Waals surface area contributed by atoms with E-state index in [4.69, 9.17) is 20.2 Å². The van der Waals surface area contributed by atoms with E-state index in [1.807, 2.05) is 12.1 Å². The zero-order valence-electron chi connectivity index (χ0n) is 21.7. The fourth-order valence-corrected chi connectivity index (χ4v) is 5.21. The molecule has 0 aliphatic heterocycles. The molecule has 0 aromatic carbocycles. The lowest BCUT2D eigenvalue weighted by molar-refractivity contribution is -0.163. The number of ketones is 1. The summed E-state index contributed by atoms with van der Waals surface area (Å²) in [4.78, 5) is 42.0. The van der Waals surface area contributed by atoms with Gasteiger partial charge < -0.3 is 20.2 Å². The van der Waals surface area contributed by atoms with Crippen molar-refractivity contribution in [2.75, 3.05) is 26.1 Å². The average molecular weight is 535 g/mol. The second-order valence-corrected chi connectivity index (χ2v) is 9.53. The maximum absolute atomic E-state index is 12.7. The lowest BCUT2D eigenvalue weighted by Gasteiger charge is -2.38. The number of fused-ring (bicyclic) bond motifs is 1. The fourth-order valence-electron chi connectivity index (χ4n) is 5.21. The van der Waals surface area contributed by atoms with E-state index in [0.717, 1.165) is 5.56 Å². The van der Waals surface area contributed by atoms with Crippen molar-refractivity contribution >= 4 is 23.2 Å². The number of ether oxygens (including phenoxy) is 2. The summed E-state index contributed by atoms with van der Waals surface area (Å²) in [6.07, 6.45) is 8.38. The number of rotatable bonds is 9. The molecule has 0 radical (unpaired) electrons. The summed E-state index contributed by atoms with van der Waals surface area (Å²) in [7, 11) is 1.54. The molecule has 204 valence electrons. The van der Waals surface area contributed by atoms with Gasteiger partial charge in [0.05, 0.1) is 30.7 Å². The number of hydroxylamine groups is 1. The van der Waals surface area contributed by atoms with E-state index in [9.17, 15) is 14.8 Å². The van der Waals surface area contributed by atoms with Gasteiger partial charge in [-0.2, -0.15) is 9.61 Å². The van der Waals surface area contributed by atoms with Crippen molar-refractivity contribution in [2.24, 2.45) is 0 Å². The van der Waals surface area contributed by atoms with Crippen molar-refractivity contribution in [1.82, 2.24) is 35.0 Å². The molecule has 1 amide bonds. The number of nitrogen functional groups attached to an aromatic ring is 1. The number of aromatic amines is 1. The van der Waals surface area contributed by atoms with Crippen LogP contribution in [0.25, 0.3) is 28.3 Å². The number of carbonyl (C=O) groups excluding carboxylic acids is 2. The van der Waals surface area contributed by atoms with Gasteiger partial charge >= 0.3 is 0 Å². The lowest BCUT2D eigenvalue weighted by Crippen LogP contribution is -2.50. The molecule has 0 unspecified atom stereocenters. The summed E-state index contributed by atoms with van der Waals surface area (Å²) in [6, 6.07) is 3.75. The minimum Gasteiger partial charge on any atom is -0.383 e. The maximum Gasteiger partial charge on any atom is 0.275 e. The topological polar surface area (TPSA) is 183 Å². The molecule has 1 saturated carbocycles. The molecule has 5 rings (SSSR count). The van der Waals surface area contributed by atoms with Crippen molar-refractivity contribution < 1.29 is 24.3 Å². The number of Topliss-reactive ketones (excluding diaryl/α,β-unsaturated/α-hetero) is 1. The van der Waals surface area contributed by atoms with Gasteiger partial charge in [-0.25, -0.2) is 15.4 Å². The minimum absolute atomic E-state index is 0.163. The monoisotopic (exact) mass is 534 g/mol. The molecule has 0 bridgehead atoms. The van der Waals surface area contributed by atoms with Crippen LogP contribution in [-0.2, 0) is 14.3 Å². The molecule has 4 aromatic heterocycles. The van der Waals surface area contributed by atoms with E-state index in [1.54, 1.807) is 37.4 Å². The second kappa shape index (κ2) is 10.9. The molecule has 13 heteroatoms. The van der Waals surface area contributed by atoms with Crippen molar-refractivity contribution in [3.05, 3.63) is 48.2 Å². The van der Waals surface area contributed by atoms with Crippen molar-refractivity contribution in [3.63, 3.8) is 0 Å². The zero-order valence-corrected chi connectivity index (χ0v) is 21.7. The van der Waals surface area contributed by atoms with Gasteiger partial charge in [0, 0.05) is 42.7 Å². The maximum atomic E-state index is 12.7.